The molecule has 0 aromatic heterocycles. The number of Topliss-reactive ketones (excluding diaryl/α,β-unsaturated/α-hetero) is 1. The molecule has 0 aliphatic carbocycles. The van der Waals surface area contributed by atoms with Gasteiger partial charge in [-0.15, -0.1) is 0 Å². The number of ether oxygens (including phenoxy) is 1. The van der Waals surface area contributed by atoms with Crippen LogP contribution in [0.5, 0.6) is 0 Å². The number of aliphatic hydroxyl groups is 1. The van der Waals surface area contributed by atoms with E-state index in [4.69, 9.17) is 5.11 Å². The van der Waals surface area contributed by atoms with Gasteiger partial charge in [-0.3, -0.25) is 4.79 Å². The van der Waals surface area contributed by atoms with Gasteiger partial charge in [0.15, 0.2) is 11.9 Å². The van der Waals surface area contributed by atoms with Crippen LogP contribution < -0.4 is 0 Å². The van der Waals surface area contributed by atoms with Gasteiger partial charge in [0.2, 0.25) is 0 Å². The standard InChI is InChI=1S/C6H8O3/c1-4-5(7)2-3-6(8)9-4/h3-4,8H,2H2,1H3. The van der Waals surface area contributed by atoms with Gasteiger partial charge in [-0.2, -0.15) is 0 Å². The van der Waals surface area contributed by atoms with Crippen LogP contribution in [0.1, 0.15) is 13.3 Å². The van der Waals surface area contributed by atoms with Crippen molar-refractivity contribution in [2.24, 2.45) is 0 Å². The fourth-order valence-corrected chi connectivity index (χ4v) is 0.649. The van der Waals surface area contributed by atoms with Gasteiger partial charge in [-0.25, -0.2) is 0 Å². The van der Waals surface area contributed by atoms with Crippen LogP contribution >= 0.6 is 0 Å². The van der Waals surface area contributed by atoms with E-state index in [1.54, 1.807) is 6.92 Å². The maximum atomic E-state index is 10.7. The lowest BCUT2D eigenvalue weighted by Crippen LogP contribution is -2.23. The highest BCUT2D eigenvalue weighted by atomic mass is 16.6. The van der Waals surface area contributed by atoms with Crippen molar-refractivity contribution in [2.75, 3.05) is 0 Å². The lowest BCUT2D eigenvalue weighted by molar-refractivity contribution is -0.130. The van der Waals surface area contributed by atoms with Crippen LogP contribution in [0.15, 0.2) is 12.0 Å². The first-order valence-corrected chi connectivity index (χ1v) is 2.78. The first-order valence-electron chi connectivity index (χ1n) is 2.78. The Hall–Kier alpha value is -0.990. The second-order valence-corrected chi connectivity index (χ2v) is 1.97. The van der Waals surface area contributed by atoms with Crippen molar-refractivity contribution in [3.63, 3.8) is 0 Å². The van der Waals surface area contributed by atoms with E-state index < -0.39 is 6.10 Å². The third-order valence-electron chi connectivity index (χ3n) is 1.23. The third-order valence-corrected chi connectivity index (χ3v) is 1.23. The predicted octanol–water partition coefficient (Wildman–Crippen LogP) is 0.764. The first-order chi connectivity index (χ1) is 4.20. The molecule has 1 aliphatic heterocycles. The maximum absolute atomic E-state index is 10.7. The van der Waals surface area contributed by atoms with Gasteiger partial charge in [0.25, 0.3) is 5.95 Å². The number of ketones is 1. The van der Waals surface area contributed by atoms with Crippen molar-refractivity contribution in [3.05, 3.63) is 12.0 Å². The zero-order chi connectivity index (χ0) is 6.85. The lowest BCUT2D eigenvalue weighted by Gasteiger charge is -2.15. The van der Waals surface area contributed by atoms with E-state index in [-0.39, 0.29) is 18.1 Å². The minimum Gasteiger partial charge on any atom is -0.481 e. The molecule has 0 radical (unpaired) electrons. The van der Waals surface area contributed by atoms with Crippen molar-refractivity contribution in [2.45, 2.75) is 19.4 Å². The summed E-state index contributed by atoms with van der Waals surface area (Å²) >= 11 is 0. The van der Waals surface area contributed by atoms with Gasteiger partial charge in [-0.05, 0) is 6.92 Å². The van der Waals surface area contributed by atoms with Gasteiger partial charge in [0.1, 0.15) is 0 Å². The average molecular weight is 128 g/mol. The van der Waals surface area contributed by atoms with E-state index in [1.807, 2.05) is 0 Å². The average Bonchev–Trinajstić information content (AvgIpc) is 1.80. The van der Waals surface area contributed by atoms with Gasteiger partial charge in [0.05, 0.1) is 0 Å². The molecule has 1 N–H and O–H groups in total. The van der Waals surface area contributed by atoms with Gasteiger partial charge in [0, 0.05) is 12.5 Å². The molecular formula is C6H8O3. The van der Waals surface area contributed by atoms with Crippen LogP contribution in [0.4, 0.5) is 0 Å². The number of rotatable bonds is 0. The van der Waals surface area contributed by atoms with E-state index in [0.29, 0.717) is 0 Å². The molecule has 0 saturated heterocycles. The molecule has 0 aromatic rings. The third kappa shape index (κ3) is 1.22. The summed E-state index contributed by atoms with van der Waals surface area (Å²) in [4.78, 5) is 10.7. The summed E-state index contributed by atoms with van der Waals surface area (Å²) in [5.41, 5.74) is 0. The molecule has 1 unspecified atom stereocenters. The molecule has 0 aromatic carbocycles. The Morgan fingerprint density at radius 1 is 1.89 bits per heavy atom. The van der Waals surface area contributed by atoms with Crippen molar-refractivity contribution < 1.29 is 14.6 Å². The Morgan fingerprint density at radius 3 is 3.00 bits per heavy atom. The molecule has 1 rings (SSSR count). The van der Waals surface area contributed by atoms with Gasteiger partial charge in [-0.1, -0.05) is 0 Å². The minimum absolute atomic E-state index is 0.00722. The smallest absolute Gasteiger partial charge is 0.273 e. The molecule has 1 aliphatic rings. The number of carbonyl (C=O) groups excluding carboxylic acids is 1. The number of hydrogen-bond acceptors (Lipinski definition) is 3. The number of allylic oxidation sites excluding steroid dienone is 1. The molecule has 0 spiro atoms. The molecule has 0 bridgehead atoms. The summed E-state index contributed by atoms with van der Waals surface area (Å²) in [6.07, 6.45) is 1.17. The zero-order valence-corrected chi connectivity index (χ0v) is 5.13. The SMILES string of the molecule is CC1OC(O)=CCC1=O. The summed E-state index contributed by atoms with van der Waals surface area (Å²) in [7, 11) is 0. The van der Waals surface area contributed by atoms with Crippen molar-refractivity contribution >= 4 is 5.78 Å². The highest BCUT2D eigenvalue weighted by molar-refractivity contribution is 5.84. The molecule has 1 heterocycles. The molecule has 1 atom stereocenters. The lowest BCUT2D eigenvalue weighted by atomic mass is 10.1. The minimum atomic E-state index is -0.477. The highest BCUT2D eigenvalue weighted by Crippen LogP contribution is 2.09. The summed E-state index contributed by atoms with van der Waals surface area (Å²) in [5.74, 6) is -0.130. The Bertz CT molecular complexity index is 160. The normalized spacial score (nSPS) is 27.0. The van der Waals surface area contributed by atoms with E-state index in [0.717, 1.165) is 0 Å². The summed E-state index contributed by atoms with van der Waals surface area (Å²) < 4.78 is 4.67. The van der Waals surface area contributed by atoms with E-state index >= 15 is 0 Å². The summed E-state index contributed by atoms with van der Waals surface area (Å²) in [6, 6.07) is 0. The molecule has 50 valence electrons. The molecule has 0 amide bonds. The molecular weight excluding hydrogens is 120 g/mol. The first kappa shape index (κ1) is 6.13. The Labute approximate surface area is 52.9 Å². The van der Waals surface area contributed by atoms with Crippen molar-refractivity contribution in [3.8, 4) is 0 Å². The maximum Gasteiger partial charge on any atom is 0.273 e. The highest BCUT2D eigenvalue weighted by Gasteiger charge is 2.18. The van der Waals surface area contributed by atoms with E-state index in [2.05, 4.69) is 4.74 Å². The monoisotopic (exact) mass is 128 g/mol. The largest absolute Gasteiger partial charge is 0.481 e. The molecule has 0 saturated carbocycles. The number of carbonyl (C=O) groups is 1. The molecule has 9 heavy (non-hydrogen) atoms. The van der Waals surface area contributed by atoms with Crippen LogP contribution in [0.3, 0.4) is 0 Å². The fourth-order valence-electron chi connectivity index (χ4n) is 0.649. The van der Waals surface area contributed by atoms with Crippen molar-refractivity contribution in [1.82, 2.24) is 0 Å². The van der Waals surface area contributed by atoms with Crippen LogP contribution in [0, 0.1) is 0 Å². The zero-order valence-electron chi connectivity index (χ0n) is 5.13. The Kier molecular flexibility index (Phi) is 1.42. The quantitative estimate of drug-likeness (QED) is 0.524. The second-order valence-electron chi connectivity index (χ2n) is 1.97. The fraction of sp³-hybridized carbons (Fsp3) is 0.500. The van der Waals surface area contributed by atoms with Crippen LogP contribution in [0.25, 0.3) is 0 Å². The second kappa shape index (κ2) is 2.09. The van der Waals surface area contributed by atoms with Crippen LogP contribution in [0.2, 0.25) is 0 Å². The number of hydrogen-bond donors (Lipinski definition) is 1. The predicted molar refractivity (Wildman–Crippen MR) is 30.9 cm³/mol. The topological polar surface area (TPSA) is 46.5 Å². The molecule has 3 nitrogen and oxygen atoms in total. The Morgan fingerprint density at radius 2 is 2.56 bits per heavy atom. The Balaban J connectivity index is 2.65. The van der Waals surface area contributed by atoms with E-state index in [1.165, 1.54) is 6.08 Å². The van der Waals surface area contributed by atoms with Gasteiger partial charge < -0.3 is 9.84 Å². The van der Waals surface area contributed by atoms with Crippen LogP contribution in [-0.2, 0) is 9.53 Å². The van der Waals surface area contributed by atoms with Crippen molar-refractivity contribution in [1.29, 1.82) is 0 Å². The van der Waals surface area contributed by atoms with Gasteiger partial charge >= 0.3 is 0 Å². The number of aliphatic hydroxyl groups excluding tert-OH is 1. The summed E-state index contributed by atoms with van der Waals surface area (Å²) in [6.45, 7) is 1.62. The summed E-state index contributed by atoms with van der Waals surface area (Å²) in [5, 5.41) is 8.68. The molecule has 0 fully saturated rings. The molecule has 3 heteroatoms. The van der Waals surface area contributed by atoms with E-state index in [9.17, 15) is 4.79 Å². The van der Waals surface area contributed by atoms with Crippen LogP contribution in [-0.4, -0.2) is 17.0 Å².